The molecule has 2 aromatic carbocycles. The summed E-state index contributed by atoms with van der Waals surface area (Å²) in [6.07, 6.45) is 1.70. The Morgan fingerprint density at radius 2 is 1.88 bits per heavy atom. The van der Waals surface area contributed by atoms with Crippen LogP contribution in [0.1, 0.15) is 5.56 Å². The summed E-state index contributed by atoms with van der Waals surface area (Å²) in [5.41, 5.74) is 2.64. The molecule has 3 aromatic rings. The first-order chi connectivity index (χ1) is 12.4. The molecular formula is C16H16N4O5S. The molecule has 0 fully saturated rings. The molecule has 1 aromatic heterocycles. The van der Waals surface area contributed by atoms with Gasteiger partial charge < -0.3 is 14.0 Å². The number of nitrogens with two attached hydrogens (primary N) is 1. The van der Waals surface area contributed by atoms with Crippen LogP contribution in [0.3, 0.4) is 0 Å². The van der Waals surface area contributed by atoms with E-state index in [4.69, 9.17) is 9.88 Å². The predicted molar refractivity (Wildman–Crippen MR) is 93.0 cm³/mol. The van der Waals surface area contributed by atoms with Crippen molar-refractivity contribution in [2.45, 2.75) is 6.61 Å². The van der Waals surface area contributed by atoms with Crippen molar-refractivity contribution in [3.8, 4) is 28.4 Å². The lowest BCUT2D eigenvalue weighted by Gasteiger charge is -2.07. The highest BCUT2D eigenvalue weighted by atomic mass is 32.2. The van der Waals surface area contributed by atoms with Crippen molar-refractivity contribution in [3.05, 3.63) is 54.2 Å². The van der Waals surface area contributed by atoms with E-state index in [0.717, 1.165) is 0 Å². The number of aliphatic hydroxyl groups excluding tert-OH is 1. The van der Waals surface area contributed by atoms with E-state index in [0.29, 0.717) is 28.3 Å². The van der Waals surface area contributed by atoms with E-state index in [-0.39, 0.29) is 12.4 Å². The van der Waals surface area contributed by atoms with Gasteiger partial charge in [0, 0.05) is 11.6 Å². The first kappa shape index (κ1) is 17.9. The third-order valence-corrected chi connectivity index (χ3v) is 3.91. The van der Waals surface area contributed by atoms with Gasteiger partial charge in [-0.05, 0) is 42.0 Å². The molecular weight excluding hydrogens is 360 g/mol. The molecule has 3 rings (SSSR count). The molecule has 0 radical (unpaired) electrons. The number of benzene rings is 2. The van der Waals surface area contributed by atoms with Crippen LogP contribution in [-0.2, 0) is 16.9 Å². The van der Waals surface area contributed by atoms with Gasteiger partial charge in [-0.2, -0.15) is 13.6 Å². The Kier molecular flexibility index (Phi) is 4.89. The summed E-state index contributed by atoms with van der Waals surface area (Å²) in [4.78, 5) is 0. The van der Waals surface area contributed by atoms with Crippen LogP contribution in [0, 0.1) is 0 Å². The van der Waals surface area contributed by atoms with E-state index in [1.54, 1.807) is 41.2 Å². The Bertz CT molecular complexity index is 993. The summed E-state index contributed by atoms with van der Waals surface area (Å²) in [6, 6.07) is 11.5. The van der Waals surface area contributed by atoms with Gasteiger partial charge in [0.15, 0.2) is 0 Å². The average molecular weight is 376 g/mol. The Balaban J connectivity index is 1.88. The van der Waals surface area contributed by atoms with Gasteiger partial charge in [-0.25, -0.2) is 4.68 Å². The molecule has 26 heavy (non-hydrogen) atoms. The smallest absolute Gasteiger partial charge is 0.380 e. The molecule has 0 unspecified atom stereocenters. The van der Waals surface area contributed by atoms with Gasteiger partial charge in [0.2, 0.25) is 0 Å². The average Bonchev–Trinajstić information content (AvgIpc) is 3.10. The largest absolute Gasteiger partial charge is 0.497 e. The topological polar surface area (TPSA) is 130 Å². The van der Waals surface area contributed by atoms with Gasteiger partial charge in [-0.1, -0.05) is 5.21 Å². The van der Waals surface area contributed by atoms with Crippen molar-refractivity contribution in [2.75, 3.05) is 7.11 Å². The van der Waals surface area contributed by atoms with Crippen molar-refractivity contribution in [3.63, 3.8) is 0 Å². The van der Waals surface area contributed by atoms with Crippen molar-refractivity contribution in [1.29, 1.82) is 0 Å². The molecule has 10 heteroatoms. The molecule has 3 N–H and O–H groups in total. The molecule has 136 valence electrons. The minimum Gasteiger partial charge on any atom is -0.497 e. The monoisotopic (exact) mass is 376 g/mol. The summed E-state index contributed by atoms with van der Waals surface area (Å²) in [5.74, 6) is 0.692. The van der Waals surface area contributed by atoms with Crippen LogP contribution in [0.25, 0.3) is 16.9 Å². The molecule has 0 saturated heterocycles. The molecule has 0 saturated carbocycles. The fourth-order valence-corrected chi connectivity index (χ4v) is 2.70. The number of hydrogen-bond donors (Lipinski definition) is 2. The van der Waals surface area contributed by atoms with E-state index in [9.17, 15) is 13.5 Å². The van der Waals surface area contributed by atoms with E-state index in [1.165, 1.54) is 19.2 Å². The Labute approximate surface area is 149 Å². The first-order valence-corrected chi connectivity index (χ1v) is 8.89. The van der Waals surface area contributed by atoms with Crippen LogP contribution in [0.4, 0.5) is 0 Å². The van der Waals surface area contributed by atoms with Crippen LogP contribution in [0.15, 0.2) is 48.7 Å². The molecule has 0 spiro atoms. The second-order valence-electron chi connectivity index (χ2n) is 5.35. The van der Waals surface area contributed by atoms with Crippen molar-refractivity contribution in [1.82, 2.24) is 15.0 Å². The maximum atomic E-state index is 10.9. The molecule has 0 atom stereocenters. The van der Waals surface area contributed by atoms with Gasteiger partial charge >= 0.3 is 10.3 Å². The fraction of sp³-hybridized carbons (Fsp3) is 0.125. The molecule has 0 aliphatic rings. The summed E-state index contributed by atoms with van der Waals surface area (Å²) in [7, 11) is -2.52. The van der Waals surface area contributed by atoms with Crippen LogP contribution < -0.4 is 14.1 Å². The number of rotatable bonds is 6. The highest BCUT2D eigenvalue weighted by molar-refractivity contribution is 7.84. The Morgan fingerprint density at radius 1 is 1.15 bits per heavy atom. The zero-order valence-corrected chi connectivity index (χ0v) is 14.5. The normalized spacial score (nSPS) is 11.3. The molecule has 0 bridgehead atoms. The first-order valence-electron chi connectivity index (χ1n) is 7.42. The third-order valence-electron chi connectivity index (χ3n) is 3.49. The highest BCUT2D eigenvalue weighted by Gasteiger charge is 2.10. The Morgan fingerprint density at radius 3 is 2.50 bits per heavy atom. The minimum absolute atomic E-state index is 0.101. The predicted octanol–water partition coefficient (Wildman–Crippen LogP) is 1.02. The number of aromatic nitrogens is 3. The lowest BCUT2D eigenvalue weighted by atomic mass is 10.1. The maximum Gasteiger partial charge on any atom is 0.380 e. The summed E-state index contributed by atoms with van der Waals surface area (Å²) < 4.78 is 33.2. The second kappa shape index (κ2) is 7.12. The van der Waals surface area contributed by atoms with Crippen molar-refractivity contribution in [2.24, 2.45) is 5.14 Å². The Hall–Kier alpha value is -2.95. The minimum atomic E-state index is -4.06. The number of ether oxygens (including phenoxy) is 1. The molecule has 1 heterocycles. The van der Waals surface area contributed by atoms with Gasteiger partial charge in [-0.3, -0.25) is 0 Å². The van der Waals surface area contributed by atoms with Crippen LogP contribution in [0.5, 0.6) is 11.5 Å². The lowest BCUT2D eigenvalue weighted by molar-refractivity contribution is 0.281. The highest BCUT2D eigenvalue weighted by Crippen LogP contribution is 2.24. The lowest BCUT2D eigenvalue weighted by Crippen LogP contribution is -2.18. The maximum absolute atomic E-state index is 10.9. The molecule has 0 aliphatic carbocycles. The summed E-state index contributed by atoms with van der Waals surface area (Å²) in [6.45, 7) is -0.128. The zero-order valence-electron chi connectivity index (χ0n) is 13.7. The summed E-state index contributed by atoms with van der Waals surface area (Å²) in [5, 5.41) is 22.4. The van der Waals surface area contributed by atoms with Crippen LogP contribution in [0.2, 0.25) is 0 Å². The van der Waals surface area contributed by atoms with E-state index < -0.39 is 10.3 Å². The SMILES string of the molecule is COc1cc(CO)cc(-n2cc(-c3ccc(OS(N)(=O)=O)cc3)nn2)c1. The van der Waals surface area contributed by atoms with Gasteiger partial charge in [0.05, 0.1) is 25.6 Å². The second-order valence-corrected chi connectivity index (χ2v) is 6.50. The van der Waals surface area contributed by atoms with Crippen LogP contribution in [-0.4, -0.2) is 35.6 Å². The van der Waals surface area contributed by atoms with E-state index in [1.807, 2.05) is 0 Å². The van der Waals surface area contributed by atoms with Gasteiger partial charge in [-0.15, -0.1) is 5.10 Å². The number of hydrogen-bond acceptors (Lipinski definition) is 7. The molecule has 0 amide bonds. The number of aliphatic hydroxyl groups is 1. The van der Waals surface area contributed by atoms with E-state index in [2.05, 4.69) is 14.5 Å². The number of methoxy groups -OCH3 is 1. The fourth-order valence-electron chi connectivity index (χ4n) is 2.32. The third kappa shape index (κ3) is 4.17. The molecule has 9 nitrogen and oxygen atoms in total. The zero-order chi connectivity index (χ0) is 18.7. The van der Waals surface area contributed by atoms with Gasteiger partial charge in [0.1, 0.15) is 17.2 Å². The quantitative estimate of drug-likeness (QED) is 0.657. The van der Waals surface area contributed by atoms with Crippen LogP contribution >= 0.6 is 0 Å². The molecule has 0 aliphatic heterocycles. The van der Waals surface area contributed by atoms with Crippen molar-refractivity contribution < 1.29 is 22.4 Å². The van der Waals surface area contributed by atoms with Crippen molar-refractivity contribution >= 4 is 10.3 Å². The standard InChI is InChI=1S/C16H16N4O5S/c1-24-15-7-11(10-21)6-13(8-15)20-9-16(18-19-20)12-2-4-14(5-3-12)25-26(17,22)23/h2-9,21H,10H2,1H3,(H2,17,22,23). The van der Waals surface area contributed by atoms with Gasteiger partial charge in [0.25, 0.3) is 0 Å². The number of nitrogens with zero attached hydrogens (tertiary/aromatic N) is 3. The van der Waals surface area contributed by atoms with E-state index >= 15 is 0 Å². The summed E-state index contributed by atoms with van der Waals surface area (Å²) >= 11 is 0.